The zero-order valence-electron chi connectivity index (χ0n) is 13.7. The lowest BCUT2D eigenvalue weighted by Crippen LogP contribution is -2.45. The highest BCUT2D eigenvalue weighted by molar-refractivity contribution is 5.89. The summed E-state index contributed by atoms with van der Waals surface area (Å²) in [7, 11) is 0. The molecule has 1 atom stereocenters. The van der Waals surface area contributed by atoms with Gasteiger partial charge in [0.15, 0.2) is 0 Å². The van der Waals surface area contributed by atoms with E-state index in [4.69, 9.17) is 0 Å². The zero-order chi connectivity index (χ0) is 14.7. The molecule has 1 saturated heterocycles. The molecule has 3 nitrogen and oxygen atoms in total. The van der Waals surface area contributed by atoms with Gasteiger partial charge in [0.2, 0.25) is 5.91 Å². The van der Waals surface area contributed by atoms with E-state index in [2.05, 4.69) is 24.1 Å². The molecule has 4 aliphatic rings. The Balaban J connectivity index is 1.54. The number of hydrogen-bond acceptors (Lipinski definition) is 2. The molecule has 0 aromatic heterocycles. The second-order valence-corrected chi connectivity index (χ2v) is 8.65. The average molecular weight is 290 g/mol. The lowest BCUT2D eigenvalue weighted by molar-refractivity contribution is -0.134. The molecular weight excluding hydrogens is 260 g/mol. The van der Waals surface area contributed by atoms with E-state index in [9.17, 15) is 4.79 Å². The highest BCUT2D eigenvalue weighted by Crippen LogP contribution is 2.62. The van der Waals surface area contributed by atoms with E-state index in [0.29, 0.717) is 23.4 Å². The number of hydrogen-bond donors (Lipinski definition) is 1. The van der Waals surface area contributed by atoms with Gasteiger partial charge in [-0.1, -0.05) is 26.7 Å². The molecular formula is C18H30N2O. The Labute approximate surface area is 128 Å². The summed E-state index contributed by atoms with van der Waals surface area (Å²) in [4.78, 5) is 15.4. The number of amides is 1. The summed E-state index contributed by atoms with van der Waals surface area (Å²) in [6.07, 6.45) is 11.5. The van der Waals surface area contributed by atoms with Gasteiger partial charge in [0.25, 0.3) is 0 Å². The van der Waals surface area contributed by atoms with Crippen LogP contribution >= 0.6 is 0 Å². The van der Waals surface area contributed by atoms with Gasteiger partial charge in [0, 0.05) is 6.54 Å². The van der Waals surface area contributed by atoms with Crippen molar-refractivity contribution in [2.24, 2.45) is 17.3 Å². The quantitative estimate of drug-likeness (QED) is 0.842. The molecule has 0 bridgehead atoms. The van der Waals surface area contributed by atoms with Crippen LogP contribution in [0.25, 0.3) is 0 Å². The lowest BCUT2D eigenvalue weighted by atomic mass is 9.96. The number of rotatable bonds is 5. The molecule has 0 aromatic carbocycles. The minimum Gasteiger partial charge on any atom is -0.325 e. The van der Waals surface area contributed by atoms with Crippen LogP contribution in [-0.4, -0.2) is 29.1 Å². The molecule has 4 rings (SSSR count). The molecule has 1 amide bonds. The topological polar surface area (TPSA) is 32.3 Å². The van der Waals surface area contributed by atoms with Gasteiger partial charge < -0.3 is 4.90 Å². The van der Waals surface area contributed by atoms with E-state index in [1.807, 2.05) is 0 Å². The molecule has 1 spiro atoms. The van der Waals surface area contributed by atoms with Crippen LogP contribution in [0.4, 0.5) is 0 Å². The molecule has 3 heteroatoms. The smallest absolute Gasteiger partial charge is 0.244 e. The van der Waals surface area contributed by atoms with Crippen molar-refractivity contribution in [1.82, 2.24) is 10.2 Å². The second kappa shape index (κ2) is 4.71. The monoisotopic (exact) mass is 290 g/mol. The molecule has 0 radical (unpaired) electrons. The third-order valence-corrected chi connectivity index (χ3v) is 6.46. The standard InChI is InChI=1S/C18H30N2O/c1-13(2)11-15-19-18(7-3-4-8-18)16(21)20(15)12-17(9-10-17)14-5-6-14/h13-15,19H,3-12H2,1-2H3. The van der Waals surface area contributed by atoms with Crippen molar-refractivity contribution in [2.45, 2.75) is 83.3 Å². The third kappa shape index (κ3) is 2.32. The maximum atomic E-state index is 13.1. The lowest BCUT2D eigenvalue weighted by Gasteiger charge is -2.30. The summed E-state index contributed by atoms with van der Waals surface area (Å²) in [6.45, 7) is 5.60. The fourth-order valence-corrected chi connectivity index (χ4v) is 4.92. The molecule has 118 valence electrons. The summed E-state index contributed by atoms with van der Waals surface area (Å²) in [5.74, 6) is 2.02. The summed E-state index contributed by atoms with van der Waals surface area (Å²) in [5, 5.41) is 3.78. The van der Waals surface area contributed by atoms with Gasteiger partial charge in [0.1, 0.15) is 0 Å². The predicted molar refractivity (Wildman–Crippen MR) is 83.7 cm³/mol. The van der Waals surface area contributed by atoms with E-state index in [0.717, 1.165) is 31.7 Å². The maximum Gasteiger partial charge on any atom is 0.244 e. The predicted octanol–water partition coefficient (Wildman–Crippen LogP) is 3.29. The van der Waals surface area contributed by atoms with Crippen LogP contribution < -0.4 is 5.32 Å². The maximum absolute atomic E-state index is 13.1. The Kier molecular flexibility index (Phi) is 3.15. The first-order chi connectivity index (χ1) is 10.0. The molecule has 1 heterocycles. The third-order valence-electron chi connectivity index (χ3n) is 6.46. The Morgan fingerprint density at radius 3 is 2.38 bits per heavy atom. The van der Waals surface area contributed by atoms with E-state index in [-0.39, 0.29) is 5.54 Å². The van der Waals surface area contributed by atoms with Crippen LogP contribution in [0.1, 0.15) is 71.6 Å². The fraction of sp³-hybridized carbons (Fsp3) is 0.944. The Hall–Kier alpha value is -0.570. The van der Waals surface area contributed by atoms with Crippen molar-refractivity contribution >= 4 is 5.91 Å². The Morgan fingerprint density at radius 1 is 1.19 bits per heavy atom. The zero-order valence-corrected chi connectivity index (χ0v) is 13.7. The van der Waals surface area contributed by atoms with Crippen molar-refractivity contribution in [1.29, 1.82) is 0 Å². The highest BCUT2D eigenvalue weighted by Gasteiger charge is 2.59. The van der Waals surface area contributed by atoms with E-state index in [1.54, 1.807) is 0 Å². The van der Waals surface area contributed by atoms with Crippen molar-refractivity contribution in [3.63, 3.8) is 0 Å². The first-order valence-electron chi connectivity index (χ1n) is 9.13. The average Bonchev–Trinajstić information content (AvgIpc) is 3.33. The summed E-state index contributed by atoms with van der Waals surface area (Å²) in [5.41, 5.74) is 0.343. The normalized spacial score (nSPS) is 33.4. The highest BCUT2D eigenvalue weighted by atomic mass is 16.2. The van der Waals surface area contributed by atoms with E-state index >= 15 is 0 Å². The molecule has 1 unspecified atom stereocenters. The minimum absolute atomic E-state index is 0.181. The fourth-order valence-electron chi connectivity index (χ4n) is 4.92. The van der Waals surface area contributed by atoms with E-state index < -0.39 is 0 Å². The van der Waals surface area contributed by atoms with Crippen LogP contribution in [0.5, 0.6) is 0 Å². The van der Waals surface area contributed by atoms with Crippen LogP contribution in [0.15, 0.2) is 0 Å². The van der Waals surface area contributed by atoms with Crippen molar-refractivity contribution in [3.8, 4) is 0 Å². The minimum atomic E-state index is -0.181. The number of carbonyl (C=O) groups excluding carboxylic acids is 1. The van der Waals surface area contributed by atoms with Crippen LogP contribution in [0, 0.1) is 17.3 Å². The Morgan fingerprint density at radius 2 is 1.86 bits per heavy atom. The van der Waals surface area contributed by atoms with Gasteiger partial charge in [-0.15, -0.1) is 0 Å². The van der Waals surface area contributed by atoms with Crippen LogP contribution in [0.3, 0.4) is 0 Å². The van der Waals surface area contributed by atoms with Crippen molar-refractivity contribution in [2.75, 3.05) is 6.54 Å². The SMILES string of the molecule is CC(C)CC1NC2(CCCC2)C(=O)N1CC1(C2CC2)CC1. The van der Waals surface area contributed by atoms with E-state index in [1.165, 1.54) is 38.5 Å². The van der Waals surface area contributed by atoms with Crippen molar-refractivity contribution < 1.29 is 4.79 Å². The van der Waals surface area contributed by atoms with Crippen LogP contribution in [0.2, 0.25) is 0 Å². The molecule has 3 saturated carbocycles. The number of nitrogens with zero attached hydrogens (tertiary/aromatic N) is 1. The Bertz CT molecular complexity index is 430. The number of nitrogens with one attached hydrogen (secondary N) is 1. The molecule has 1 aliphatic heterocycles. The first-order valence-corrected chi connectivity index (χ1v) is 9.13. The van der Waals surface area contributed by atoms with Gasteiger partial charge in [-0.25, -0.2) is 0 Å². The molecule has 4 fully saturated rings. The van der Waals surface area contributed by atoms with Gasteiger partial charge in [-0.3, -0.25) is 10.1 Å². The number of carbonyl (C=O) groups is 1. The molecule has 0 aromatic rings. The molecule has 21 heavy (non-hydrogen) atoms. The van der Waals surface area contributed by atoms with Gasteiger partial charge in [-0.05, 0) is 62.2 Å². The summed E-state index contributed by atoms with van der Waals surface area (Å²) < 4.78 is 0. The van der Waals surface area contributed by atoms with Gasteiger partial charge in [0.05, 0.1) is 11.7 Å². The summed E-state index contributed by atoms with van der Waals surface area (Å²) in [6, 6.07) is 0. The van der Waals surface area contributed by atoms with Gasteiger partial charge >= 0.3 is 0 Å². The molecule has 1 N–H and O–H groups in total. The summed E-state index contributed by atoms with van der Waals surface area (Å²) >= 11 is 0. The van der Waals surface area contributed by atoms with Crippen molar-refractivity contribution in [3.05, 3.63) is 0 Å². The van der Waals surface area contributed by atoms with Gasteiger partial charge in [-0.2, -0.15) is 0 Å². The molecule has 3 aliphatic carbocycles. The second-order valence-electron chi connectivity index (χ2n) is 8.65. The first kappa shape index (κ1) is 14.0. The largest absolute Gasteiger partial charge is 0.325 e. The van der Waals surface area contributed by atoms with Crippen LogP contribution in [-0.2, 0) is 4.79 Å².